The first kappa shape index (κ1) is 19.2. The Kier molecular flexibility index (Phi) is 7.25. The molecule has 25 heavy (non-hydrogen) atoms. The van der Waals surface area contributed by atoms with Gasteiger partial charge < -0.3 is 14.8 Å². The van der Waals surface area contributed by atoms with E-state index >= 15 is 0 Å². The normalized spacial score (nSPS) is 10.8. The third-order valence-electron chi connectivity index (χ3n) is 3.91. The molecule has 0 fully saturated rings. The van der Waals surface area contributed by atoms with Gasteiger partial charge in [0.15, 0.2) is 11.5 Å². The lowest BCUT2D eigenvalue weighted by molar-refractivity contribution is -0.121. The highest BCUT2D eigenvalue weighted by Gasteiger charge is 2.09. The number of aromatic nitrogens is 1. The molecule has 0 spiro atoms. The lowest BCUT2D eigenvalue weighted by Crippen LogP contribution is -2.25. The number of aryl methyl sites for hydroxylation is 1. The van der Waals surface area contributed by atoms with Gasteiger partial charge in [0.05, 0.1) is 24.9 Å². The van der Waals surface area contributed by atoms with Crippen LogP contribution in [0.15, 0.2) is 23.6 Å². The Balaban J connectivity index is 1.74. The molecule has 0 aliphatic heterocycles. The Bertz CT molecular complexity index is 698. The Morgan fingerprint density at radius 3 is 2.60 bits per heavy atom. The summed E-state index contributed by atoms with van der Waals surface area (Å²) in [5.41, 5.74) is 2.20. The van der Waals surface area contributed by atoms with Gasteiger partial charge in [0, 0.05) is 24.8 Å². The number of carbonyl (C=O) groups excluding carboxylic acids is 1. The number of thiazole rings is 1. The number of carbonyl (C=O) groups is 1. The number of ether oxygens (including phenoxy) is 2. The van der Waals surface area contributed by atoms with Crippen LogP contribution in [-0.2, 0) is 17.6 Å². The maximum Gasteiger partial charge on any atom is 0.220 e. The summed E-state index contributed by atoms with van der Waals surface area (Å²) in [5, 5.41) is 6.07. The molecule has 0 atom stereocenters. The first-order valence-corrected chi connectivity index (χ1v) is 9.33. The fourth-order valence-corrected chi connectivity index (χ4v) is 3.36. The average Bonchev–Trinajstić information content (AvgIpc) is 3.09. The van der Waals surface area contributed by atoms with E-state index in [2.05, 4.69) is 29.5 Å². The Hall–Kier alpha value is -2.08. The maximum absolute atomic E-state index is 12.0. The molecule has 2 rings (SSSR count). The van der Waals surface area contributed by atoms with Gasteiger partial charge in [-0.3, -0.25) is 4.79 Å². The van der Waals surface area contributed by atoms with Crippen LogP contribution >= 0.6 is 11.3 Å². The number of rotatable bonds is 9. The molecule has 0 aliphatic rings. The number of hydrogen-bond acceptors (Lipinski definition) is 5. The second-order valence-corrected chi connectivity index (χ2v) is 7.05. The summed E-state index contributed by atoms with van der Waals surface area (Å²) in [6.45, 7) is 4.85. The predicted molar refractivity (Wildman–Crippen MR) is 101 cm³/mol. The van der Waals surface area contributed by atoms with E-state index in [1.165, 1.54) is 0 Å². The van der Waals surface area contributed by atoms with Gasteiger partial charge in [-0.25, -0.2) is 4.98 Å². The zero-order chi connectivity index (χ0) is 18.2. The second kappa shape index (κ2) is 9.42. The molecule has 1 amide bonds. The summed E-state index contributed by atoms with van der Waals surface area (Å²) in [4.78, 5) is 16.5. The van der Waals surface area contributed by atoms with E-state index < -0.39 is 0 Å². The summed E-state index contributed by atoms with van der Waals surface area (Å²) in [7, 11) is 3.23. The molecule has 136 valence electrons. The maximum atomic E-state index is 12.0. The van der Waals surface area contributed by atoms with Gasteiger partial charge in [-0.05, 0) is 30.0 Å². The van der Waals surface area contributed by atoms with Crippen molar-refractivity contribution in [2.75, 3.05) is 20.8 Å². The smallest absolute Gasteiger partial charge is 0.220 e. The van der Waals surface area contributed by atoms with E-state index in [1.54, 1.807) is 25.6 Å². The predicted octanol–water partition coefficient (Wildman–Crippen LogP) is 3.58. The molecule has 5 nitrogen and oxygen atoms in total. The van der Waals surface area contributed by atoms with Crippen LogP contribution in [0.5, 0.6) is 11.5 Å². The molecule has 1 aromatic heterocycles. The molecule has 0 saturated heterocycles. The number of amides is 1. The third-order valence-corrected chi connectivity index (χ3v) is 4.84. The topological polar surface area (TPSA) is 60.5 Å². The van der Waals surface area contributed by atoms with Crippen molar-refractivity contribution in [1.29, 1.82) is 0 Å². The Morgan fingerprint density at radius 2 is 1.96 bits per heavy atom. The van der Waals surface area contributed by atoms with Gasteiger partial charge in [-0.1, -0.05) is 19.9 Å². The van der Waals surface area contributed by atoms with E-state index in [9.17, 15) is 4.79 Å². The zero-order valence-corrected chi connectivity index (χ0v) is 16.1. The van der Waals surface area contributed by atoms with Crippen molar-refractivity contribution in [3.05, 3.63) is 39.8 Å². The molecule has 6 heteroatoms. The number of hydrogen-bond donors (Lipinski definition) is 1. The van der Waals surface area contributed by atoms with Gasteiger partial charge in [-0.2, -0.15) is 0 Å². The van der Waals surface area contributed by atoms with Crippen molar-refractivity contribution in [2.24, 2.45) is 0 Å². The van der Waals surface area contributed by atoms with Crippen LogP contribution in [0.2, 0.25) is 0 Å². The van der Waals surface area contributed by atoms with Crippen LogP contribution in [0.4, 0.5) is 0 Å². The summed E-state index contributed by atoms with van der Waals surface area (Å²) in [5.74, 6) is 1.90. The molecular formula is C19H26N2O3S. The highest BCUT2D eigenvalue weighted by Crippen LogP contribution is 2.27. The quantitative estimate of drug-likeness (QED) is 0.741. The number of methoxy groups -OCH3 is 2. The van der Waals surface area contributed by atoms with Gasteiger partial charge in [0.1, 0.15) is 0 Å². The van der Waals surface area contributed by atoms with Crippen LogP contribution in [-0.4, -0.2) is 31.7 Å². The van der Waals surface area contributed by atoms with Crippen molar-refractivity contribution in [3.8, 4) is 11.5 Å². The Morgan fingerprint density at radius 1 is 1.20 bits per heavy atom. The molecule has 1 aromatic carbocycles. The molecule has 1 heterocycles. The van der Waals surface area contributed by atoms with Crippen molar-refractivity contribution >= 4 is 17.2 Å². The van der Waals surface area contributed by atoms with Gasteiger partial charge in [0.25, 0.3) is 0 Å². The molecule has 0 saturated carbocycles. The SMILES string of the molecule is COc1ccc(CCNC(=O)CCc2nc(C(C)C)cs2)cc1OC. The molecule has 0 unspecified atom stereocenters. The average molecular weight is 362 g/mol. The highest BCUT2D eigenvalue weighted by atomic mass is 32.1. The van der Waals surface area contributed by atoms with E-state index in [1.807, 2.05) is 18.2 Å². The van der Waals surface area contributed by atoms with Crippen LogP contribution in [0, 0.1) is 0 Å². The van der Waals surface area contributed by atoms with Crippen molar-refractivity contribution in [2.45, 2.75) is 39.0 Å². The minimum absolute atomic E-state index is 0.0572. The first-order valence-electron chi connectivity index (χ1n) is 8.45. The largest absolute Gasteiger partial charge is 0.493 e. The van der Waals surface area contributed by atoms with Crippen LogP contribution in [0.25, 0.3) is 0 Å². The molecule has 1 N–H and O–H groups in total. The Labute approximate surface area is 153 Å². The summed E-state index contributed by atoms with van der Waals surface area (Å²) >= 11 is 1.63. The van der Waals surface area contributed by atoms with E-state index in [0.717, 1.165) is 22.7 Å². The minimum atomic E-state index is 0.0572. The lowest BCUT2D eigenvalue weighted by atomic mass is 10.1. The molecule has 0 radical (unpaired) electrons. The highest BCUT2D eigenvalue weighted by molar-refractivity contribution is 7.09. The van der Waals surface area contributed by atoms with E-state index in [-0.39, 0.29) is 5.91 Å². The van der Waals surface area contributed by atoms with Gasteiger partial charge in [0.2, 0.25) is 5.91 Å². The number of nitrogens with one attached hydrogen (secondary N) is 1. The van der Waals surface area contributed by atoms with Crippen LogP contribution in [0.1, 0.15) is 42.5 Å². The first-order chi connectivity index (χ1) is 12.0. The minimum Gasteiger partial charge on any atom is -0.493 e. The molecule has 0 aliphatic carbocycles. The third kappa shape index (κ3) is 5.74. The number of benzene rings is 1. The van der Waals surface area contributed by atoms with Crippen molar-refractivity contribution in [1.82, 2.24) is 10.3 Å². The molecular weight excluding hydrogens is 336 g/mol. The van der Waals surface area contributed by atoms with Crippen LogP contribution in [0.3, 0.4) is 0 Å². The van der Waals surface area contributed by atoms with E-state index in [4.69, 9.17) is 9.47 Å². The fraction of sp³-hybridized carbons (Fsp3) is 0.474. The number of nitrogens with zero attached hydrogens (tertiary/aromatic N) is 1. The zero-order valence-electron chi connectivity index (χ0n) is 15.3. The fourth-order valence-electron chi connectivity index (χ4n) is 2.40. The van der Waals surface area contributed by atoms with Crippen molar-refractivity contribution < 1.29 is 14.3 Å². The molecule has 0 bridgehead atoms. The molecule has 2 aromatic rings. The van der Waals surface area contributed by atoms with Crippen LogP contribution < -0.4 is 14.8 Å². The van der Waals surface area contributed by atoms with E-state index in [0.29, 0.717) is 36.8 Å². The standard InChI is InChI=1S/C19H26N2O3S/c1-13(2)15-12-25-19(21-15)8-7-18(22)20-10-9-14-5-6-16(23-3)17(11-14)24-4/h5-6,11-13H,7-10H2,1-4H3,(H,20,22). The monoisotopic (exact) mass is 362 g/mol. The summed E-state index contributed by atoms with van der Waals surface area (Å²) in [6, 6.07) is 5.80. The van der Waals surface area contributed by atoms with Gasteiger partial charge in [-0.15, -0.1) is 11.3 Å². The van der Waals surface area contributed by atoms with Crippen molar-refractivity contribution in [3.63, 3.8) is 0 Å². The van der Waals surface area contributed by atoms with Gasteiger partial charge >= 0.3 is 0 Å². The second-order valence-electron chi connectivity index (χ2n) is 6.11. The lowest BCUT2D eigenvalue weighted by Gasteiger charge is -2.10. The summed E-state index contributed by atoms with van der Waals surface area (Å²) in [6.07, 6.45) is 1.91. The summed E-state index contributed by atoms with van der Waals surface area (Å²) < 4.78 is 10.5.